The third-order valence-electron chi connectivity index (χ3n) is 5.06. The van der Waals surface area contributed by atoms with Crippen LogP contribution >= 0.6 is 0 Å². The van der Waals surface area contributed by atoms with Crippen molar-refractivity contribution >= 4 is 21.6 Å². The van der Waals surface area contributed by atoms with Crippen molar-refractivity contribution in [2.75, 3.05) is 18.4 Å². The zero-order valence-corrected chi connectivity index (χ0v) is 16.8. The van der Waals surface area contributed by atoms with Crippen LogP contribution in [-0.2, 0) is 14.8 Å². The van der Waals surface area contributed by atoms with Crippen LogP contribution in [0.3, 0.4) is 0 Å². The second-order valence-electron chi connectivity index (χ2n) is 7.31. The molecule has 2 aromatic rings. The number of piperidine rings is 1. The fourth-order valence-corrected chi connectivity index (χ4v) is 5.23. The quantitative estimate of drug-likeness (QED) is 0.872. The molecule has 27 heavy (non-hydrogen) atoms. The molecule has 0 spiro atoms. The summed E-state index contributed by atoms with van der Waals surface area (Å²) in [6.45, 7) is 6.47. The summed E-state index contributed by atoms with van der Waals surface area (Å²) in [7, 11) is -3.52. The van der Waals surface area contributed by atoms with Gasteiger partial charge in [-0.25, -0.2) is 8.42 Å². The number of aryl methyl sites for hydroxylation is 3. The zero-order valence-electron chi connectivity index (χ0n) is 16.0. The second-order valence-corrected chi connectivity index (χ2v) is 9.21. The number of hydrogen-bond acceptors (Lipinski definition) is 3. The van der Waals surface area contributed by atoms with E-state index in [1.54, 1.807) is 6.07 Å². The van der Waals surface area contributed by atoms with Gasteiger partial charge in [0, 0.05) is 24.7 Å². The van der Waals surface area contributed by atoms with Crippen molar-refractivity contribution in [2.45, 2.75) is 38.5 Å². The summed E-state index contributed by atoms with van der Waals surface area (Å²) in [5.41, 5.74) is 3.67. The molecule has 1 aliphatic rings. The van der Waals surface area contributed by atoms with Crippen molar-refractivity contribution in [2.24, 2.45) is 5.92 Å². The van der Waals surface area contributed by atoms with E-state index in [0.29, 0.717) is 30.8 Å². The van der Waals surface area contributed by atoms with Crippen LogP contribution in [0.15, 0.2) is 47.4 Å². The van der Waals surface area contributed by atoms with Gasteiger partial charge in [-0.15, -0.1) is 0 Å². The minimum absolute atomic E-state index is 0.0378. The first-order valence-corrected chi connectivity index (χ1v) is 10.7. The molecule has 2 aromatic carbocycles. The number of amides is 1. The summed E-state index contributed by atoms with van der Waals surface area (Å²) in [5.74, 6) is -0.208. The minimum Gasteiger partial charge on any atom is -0.326 e. The van der Waals surface area contributed by atoms with Crippen molar-refractivity contribution < 1.29 is 13.2 Å². The molecule has 1 fully saturated rings. The summed E-state index contributed by atoms with van der Waals surface area (Å²) in [6, 6.07) is 13.1. The Morgan fingerprint density at radius 3 is 2.30 bits per heavy atom. The maximum absolute atomic E-state index is 12.9. The van der Waals surface area contributed by atoms with E-state index in [0.717, 1.165) is 22.4 Å². The lowest BCUT2D eigenvalue weighted by atomic mass is 9.97. The third kappa shape index (κ3) is 4.39. The van der Waals surface area contributed by atoms with E-state index in [-0.39, 0.29) is 11.8 Å². The first kappa shape index (κ1) is 19.6. The molecular formula is C21H26N2O3S. The molecule has 0 atom stereocenters. The average molecular weight is 387 g/mol. The highest BCUT2D eigenvalue weighted by molar-refractivity contribution is 7.89. The van der Waals surface area contributed by atoms with Gasteiger partial charge in [0.25, 0.3) is 0 Å². The van der Waals surface area contributed by atoms with Crippen LogP contribution in [0.1, 0.15) is 29.5 Å². The van der Waals surface area contributed by atoms with Crippen LogP contribution in [0.2, 0.25) is 0 Å². The third-order valence-corrected chi connectivity index (χ3v) is 7.12. The van der Waals surface area contributed by atoms with E-state index >= 15 is 0 Å². The van der Waals surface area contributed by atoms with E-state index in [2.05, 4.69) is 5.32 Å². The Labute approximate surface area is 161 Å². The van der Waals surface area contributed by atoms with Gasteiger partial charge in [0.1, 0.15) is 0 Å². The van der Waals surface area contributed by atoms with Gasteiger partial charge in [-0.05, 0) is 62.9 Å². The standard InChI is InChI=1S/C21H26N2O3S/c1-15-5-4-6-19(14-15)22-21(24)18-9-11-23(12-10-18)27(25,26)20-8-7-16(2)13-17(20)3/h4-8,13-14,18H,9-12H2,1-3H3,(H,22,24). The summed E-state index contributed by atoms with van der Waals surface area (Å²) in [5, 5.41) is 2.95. The van der Waals surface area contributed by atoms with Crippen LogP contribution in [0.4, 0.5) is 5.69 Å². The molecule has 0 bridgehead atoms. The summed E-state index contributed by atoms with van der Waals surface area (Å²) in [6.07, 6.45) is 1.06. The summed E-state index contributed by atoms with van der Waals surface area (Å²) >= 11 is 0. The van der Waals surface area contributed by atoms with Gasteiger partial charge in [-0.1, -0.05) is 29.8 Å². The van der Waals surface area contributed by atoms with Gasteiger partial charge < -0.3 is 5.32 Å². The van der Waals surface area contributed by atoms with E-state index < -0.39 is 10.0 Å². The SMILES string of the molecule is Cc1cccc(NC(=O)C2CCN(S(=O)(=O)c3ccc(C)cc3C)CC2)c1. The smallest absolute Gasteiger partial charge is 0.243 e. The Morgan fingerprint density at radius 2 is 1.67 bits per heavy atom. The highest BCUT2D eigenvalue weighted by Crippen LogP contribution is 2.27. The van der Waals surface area contributed by atoms with Crippen molar-refractivity contribution in [3.63, 3.8) is 0 Å². The fourth-order valence-electron chi connectivity index (χ4n) is 3.55. The van der Waals surface area contributed by atoms with Crippen LogP contribution < -0.4 is 5.32 Å². The Hall–Kier alpha value is -2.18. The molecule has 1 amide bonds. The Morgan fingerprint density at radius 1 is 1.00 bits per heavy atom. The molecule has 0 aliphatic carbocycles. The number of nitrogens with one attached hydrogen (secondary N) is 1. The monoisotopic (exact) mass is 386 g/mol. The van der Waals surface area contributed by atoms with Crippen molar-refractivity contribution in [3.05, 3.63) is 59.2 Å². The van der Waals surface area contributed by atoms with Crippen molar-refractivity contribution in [1.29, 1.82) is 0 Å². The van der Waals surface area contributed by atoms with Gasteiger partial charge in [0.2, 0.25) is 15.9 Å². The van der Waals surface area contributed by atoms with Crippen molar-refractivity contribution in [3.8, 4) is 0 Å². The van der Waals surface area contributed by atoms with Gasteiger partial charge >= 0.3 is 0 Å². The van der Waals surface area contributed by atoms with Crippen LogP contribution in [0, 0.1) is 26.7 Å². The molecule has 0 aromatic heterocycles. The molecule has 144 valence electrons. The van der Waals surface area contributed by atoms with Crippen LogP contribution in [-0.4, -0.2) is 31.7 Å². The molecule has 3 rings (SSSR count). The number of nitrogens with zero attached hydrogens (tertiary/aromatic N) is 1. The Kier molecular flexibility index (Phi) is 5.67. The molecule has 1 N–H and O–H groups in total. The maximum atomic E-state index is 12.9. The number of rotatable bonds is 4. The number of benzene rings is 2. The average Bonchev–Trinajstić information content (AvgIpc) is 2.61. The molecule has 1 heterocycles. The van der Waals surface area contributed by atoms with Gasteiger partial charge in [0.15, 0.2) is 0 Å². The normalized spacial score (nSPS) is 16.3. The molecule has 1 aliphatic heterocycles. The highest BCUT2D eigenvalue weighted by atomic mass is 32.2. The maximum Gasteiger partial charge on any atom is 0.243 e. The molecule has 1 saturated heterocycles. The molecule has 6 heteroatoms. The predicted octanol–water partition coefficient (Wildman–Crippen LogP) is 3.65. The number of anilines is 1. The molecule has 0 unspecified atom stereocenters. The predicted molar refractivity (Wildman–Crippen MR) is 107 cm³/mol. The summed E-state index contributed by atoms with van der Waals surface area (Å²) in [4.78, 5) is 12.9. The molecule has 0 radical (unpaired) electrons. The lowest BCUT2D eigenvalue weighted by molar-refractivity contribution is -0.120. The Balaban J connectivity index is 1.65. The Bertz CT molecular complexity index is 946. The van der Waals surface area contributed by atoms with Gasteiger partial charge in [-0.2, -0.15) is 4.31 Å². The van der Waals surface area contributed by atoms with Crippen molar-refractivity contribution in [1.82, 2.24) is 4.31 Å². The number of sulfonamides is 1. The minimum atomic E-state index is -3.52. The first-order valence-electron chi connectivity index (χ1n) is 9.22. The number of carbonyl (C=O) groups is 1. The lowest BCUT2D eigenvalue weighted by Crippen LogP contribution is -2.41. The first-order chi connectivity index (χ1) is 12.8. The van der Waals surface area contributed by atoms with Crippen LogP contribution in [0.25, 0.3) is 0 Å². The molecule has 0 saturated carbocycles. The van der Waals surface area contributed by atoms with Gasteiger partial charge in [0.05, 0.1) is 4.90 Å². The lowest BCUT2D eigenvalue weighted by Gasteiger charge is -2.31. The van der Waals surface area contributed by atoms with Gasteiger partial charge in [-0.3, -0.25) is 4.79 Å². The number of carbonyl (C=O) groups excluding carboxylic acids is 1. The second kappa shape index (κ2) is 7.82. The van der Waals surface area contributed by atoms with E-state index in [4.69, 9.17) is 0 Å². The van der Waals surface area contributed by atoms with E-state index in [1.807, 2.05) is 57.2 Å². The van der Waals surface area contributed by atoms with Crippen LogP contribution in [0.5, 0.6) is 0 Å². The van der Waals surface area contributed by atoms with E-state index in [1.165, 1.54) is 4.31 Å². The number of hydrogen-bond donors (Lipinski definition) is 1. The van der Waals surface area contributed by atoms with E-state index in [9.17, 15) is 13.2 Å². The fraction of sp³-hybridized carbons (Fsp3) is 0.381. The summed E-state index contributed by atoms with van der Waals surface area (Å²) < 4.78 is 27.4. The highest BCUT2D eigenvalue weighted by Gasteiger charge is 2.32. The zero-order chi connectivity index (χ0) is 19.6. The molecular weight excluding hydrogens is 360 g/mol. The topological polar surface area (TPSA) is 66.5 Å². The largest absolute Gasteiger partial charge is 0.326 e. The molecule has 5 nitrogen and oxygen atoms in total.